The molecule has 122 valence electrons. The maximum Gasteiger partial charge on any atom is 0.203 e. The fraction of sp³-hybridized carbons (Fsp3) is 0.824. The molecule has 0 aliphatic carbocycles. The molecule has 0 aromatic carbocycles. The number of anilines is 1. The van der Waals surface area contributed by atoms with Gasteiger partial charge in [-0.05, 0) is 46.0 Å². The average molecular weight is 295 g/mol. The lowest BCUT2D eigenvalue weighted by Crippen LogP contribution is -2.36. The van der Waals surface area contributed by atoms with Gasteiger partial charge in [-0.3, -0.25) is 0 Å². The van der Waals surface area contributed by atoms with E-state index in [1.54, 1.807) is 0 Å². The molecular formula is C17H33N3O. The molecule has 0 bridgehead atoms. The number of aromatic nitrogens is 2. The van der Waals surface area contributed by atoms with Gasteiger partial charge in [0.05, 0.1) is 5.69 Å². The zero-order valence-electron chi connectivity index (χ0n) is 14.9. The number of ether oxygens (including phenoxy) is 1. The fourth-order valence-electron chi connectivity index (χ4n) is 2.97. The maximum atomic E-state index is 5.41. The van der Waals surface area contributed by atoms with Crippen molar-refractivity contribution in [1.82, 2.24) is 9.55 Å². The van der Waals surface area contributed by atoms with Gasteiger partial charge in [-0.25, -0.2) is 4.98 Å². The Morgan fingerprint density at radius 3 is 2.48 bits per heavy atom. The third kappa shape index (κ3) is 6.98. The van der Waals surface area contributed by atoms with Crippen molar-refractivity contribution in [3.05, 3.63) is 11.9 Å². The molecule has 1 N–H and O–H groups in total. The molecular weight excluding hydrogens is 262 g/mol. The van der Waals surface area contributed by atoms with E-state index in [2.05, 4.69) is 55.7 Å². The summed E-state index contributed by atoms with van der Waals surface area (Å²) in [4.78, 5) is 4.64. The van der Waals surface area contributed by atoms with E-state index in [0.717, 1.165) is 44.2 Å². The van der Waals surface area contributed by atoms with Gasteiger partial charge in [-0.1, -0.05) is 20.8 Å². The SMILES string of the molecule is CCOCCCn1cc(C)nc1NC(C)(C)CC(C)(C)C. The summed E-state index contributed by atoms with van der Waals surface area (Å²) in [5.74, 6) is 0.971. The average Bonchev–Trinajstić information content (AvgIpc) is 2.60. The van der Waals surface area contributed by atoms with Crippen molar-refractivity contribution in [3.63, 3.8) is 0 Å². The molecule has 0 atom stereocenters. The van der Waals surface area contributed by atoms with Crippen molar-refractivity contribution >= 4 is 5.95 Å². The quantitative estimate of drug-likeness (QED) is 0.729. The van der Waals surface area contributed by atoms with Crippen LogP contribution < -0.4 is 5.32 Å². The maximum absolute atomic E-state index is 5.41. The van der Waals surface area contributed by atoms with Crippen LogP contribution in [0, 0.1) is 12.3 Å². The Morgan fingerprint density at radius 2 is 1.90 bits per heavy atom. The van der Waals surface area contributed by atoms with Gasteiger partial charge in [0.2, 0.25) is 5.95 Å². The molecule has 0 aliphatic rings. The third-order valence-corrected chi connectivity index (χ3v) is 3.21. The summed E-state index contributed by atoms with van der Waals surface area (Å²) in [6, 6.07) is 0. The van der Waals surface area contributed by atoms with Gasteiger partial charge in [0, 0.05) is 31.5 Å². The lowest BCUT2D eigenvalue weighted by Gasteiger charge is -2.33. The van der Waals surface area contributed by atoms with E-state index >= 15 is 0 Å². The molecule has 0 radical (unpaired) electrons. The van der Waals surface area contributed by atoms with Crippen LogP contribution in [0.3, 0.4) is 0 Å². The zero-order valence-corrected chi connectivity index (χ0v) is 14.9. The van der Waals surface area contributed by atoms with Crippen molar-refractivity contribution in [1.29, 1.82) is 0 Å². The molecule has 4 nitrogen and oxygen atoms in total. The second kappa shape index (κ2) is 7.30. The van der Waals surface area contributed by atoms with Crippen LogP contribution in [0.25, 0.3) is 0 Å². The number of nitrogens with zero attached hydrogens (tertiary/aromatic N) is 2. The van der Waals surface area contributed by atoms with Crippen LogP contribution in [-0.4, -0.2) is 28.3 Å². The van der Waals surface area contributed by atoms with Gasteiger partial charge in [0.1, 0.15) is 0 Å². The second-order valence-corrected chi connectivity index (χ2v) is 7.70. The summed E-state index contributed by atoms with van der Waals surface area (Å²) in [7, 11) is 0. The summed E-state index contributed by atoms with van der Waals surface area (Å²) in [6.07, 6.45) is 4.21. The molecule has 1 aromatic rings. The standard InChI is InChI=1S/C17H33N3O/c1-8-21-11-9-10-20-12-14(2)18-15(20)19-17(6,7)13-16(3,4)5/h12H,8-11,13H2,1-7H3,(H,18,19). The zero-order chi connectivity index (χ0) is 16.1. The smallest absolute Gasteiger partial charge is 0.203 e. The number of hydrogen-bond acceptors (Lipinski definition) is 3. The van der Waals surface area contributed by atoms with Crippen molar-refractivity contribution in [2.24, 2.45) is 5.41 Å². The van der Waals surface area contributed by atoms with Gasteiger partial charge < -0.3 is 14.6 Å². The van der Waals surface area contributed by atoms with E-state index in [1.807, 2.05) is 13.8 Å². The summed E-state index contributed by atoms with van der Waals surface area (Å²) >= 11 is 0. The van der Waals surface area contributed by atoms with Crippen molar-refractivity contribution < 1.29 is 4.74 Å². The second-order valence-electron chi connectivity index (χ2n) is 7.70. The molecule has 4 heteroatoms. The summed E-state index contributed by atoms with van der Waals surface area (Å²) in [6.45, 7) is 17.9. The number of rotatable bonds is 8. The summed E-state index contributed by atoms with van der Waals surface area (Å²) in [5.41, 5.74) is 1.37. The van der Waals surface area contributed by atoms with E-state index in [9.17, 15) is 0 Å². The molecule has 0 spiro atoms. The van der Waals surface area contributed by atoms with E-state index in [4.69, 9.17) is 4.74 Å². The minimum Gasteiger partial charge on any atom is -0.382 e. The molecule has 0 aliphatic heterocycles. The molecule has 1 heterocycles. The van der Waals surface area contributed by atoms with Crippen LogP contribution in [0.4, 0.5) is 5.95 Å². The van der Waals surface area contributed by atoms with Crippen molar-refractivity contribution in [2.75, 3.05) is 18.5 Å². The van der Waals surface area contributed by atoms with Crippen LogP contribution in [0.2, 0.25) is 0 Å². The molecule has 1 rings (SSSR count). The third-order valence-electron chi connectivity index (χ3n) is 3.21. The highest BCUT2D eigenvalue weighted by Gasteiger charge is 2.26. The lowest BCUT2D eigenvalue weighted by molar-refractivity contribution is 0.141. The Kier molecular flexibility index (Phi) is 6.26. The topological polar surface area (TPSA) is 39.1 Å². The van der Waals surface area contributed by atoms with Crippen molar-refractivity contribution in [2.45, 2.75) is 73.4 Å². The normalized spacial score (nSPS) is 12.7. The number of nitrogens with one attached hydrogen (secondary N) is 1. The highest BCUT2D eigenvalue weighted by atomic mass is 16.5. The van der Waals surface area contributed by atoms with Gasteiger partial charge in [0.15, 0.2) is 0 Å². The van der Waals surface area contributed by atoms with E-state index < -0.39 is 0 Å². The van der Waals surface area contributed by atoms with Crippen LogP contribution >= 0.6 is 0 Å². The number of imidazole rings is 1. The number of aryl methyl sites for hydroxylation is 2. The highest BCUT2D eigenvalue weighted by molar-refractivity contribution is 5.32. The fourth-order valence-corrected chi connectivity index (χ4v) is 2.97. The van der Waals surface area contributed by atoms with E-state index in [1.165, 1.54) is 0 Å². The Labute approximate surface area is 130 Å². The Morgan fingerprint density at radius 1 is 1.24 bits per heavy atom. The van der Waals surface area contributed by atoms with Gasteiger partial charge in [0.25, 0.3) is 0 Å². The van der Waals surface area contributed by atoms with Crippen LogP contribution in [0.1, 0.15) is 60.1 Å². The van der Waals surface area contributed by atoms with Crippen molar-refractivity contribution in [3.8, 4) is 0 Å². The Hall–Kier alpha value is -1.03. The molecule has 1 aromatic heterocycles. The predicted molar refractivity (Wildman–Crippen MR) is 89.8 cm³/mol. The van der Waals surface area contributed by atoms with Crippen LogP contribution in [-0.2, 0) is 11.3 Å². The molecule has 0 saturated carbocycles. The molecule has 21 heavy (non-hydrogen) atoms. The molecule has 0 saturated heterocycles. The van der Waals surface area contributed by atoms with Gasteiger partial charge >= 0.3 is 0 Å². The van der Waals surface area contributed by atoms with Gasteiger partial charge in [-0.2, -0.15) is 0 Å². The monoisotopic (exact) mass is 295 g/mol. The molecule has 0 fully saturated rings. The first kappa shape index (κ1) is 18.0. The van der Waals surface area contributed by atoms with Crippen LogP contribution in [0.15, 0.2) is 6.20 Å². The first-order chi connectivity index (χ1) is 9.63. The van der Waals surface area contributed by atoms with E-state index in [0.29, 0.717) is 0 Å². The Balaban J connectivity index is 2.69. The molecule has 0 amide bonds. The first-order valence-corrected chi connectivity index (χ1v) is 8.03. The first-order valence-electron chi connectivity index (χ1n) is 8.03. The summed E-state index contributed by atoms with van der Waals surface area (Å²) in [5, 5.41) is 3.62. The summed E-state index contributed by atoms with van der Waals surface area (Å²) < 4.78 is 7.62. The largest absolute Gasteiger partial charge is 0.382 e. The van der Waals surface area contributed by atoms with E-state index in [-0.39, 0.29) is 11.0 Å². The predicted octanol–water partition coefficient (Wildman–Crippen LogP) is 4.24. The van der Waals surface area contributed by atoms with Gasteiger partial charge in [-0.15, -0.1) is 0 Å². The molecule has 0 unspecified atom stereocenters. The van der Waals surface area contributed by atoms with Crippen LogP contribution in [0.5, 0.6) is 0 Å². The number of hydrogen-bond donors (Lipinski definition) is 1. The highest BCUT2D eigenvalue weighted by Crippen LogP contribution is 2.29. The minimum atomic E-state index is 0.0215. The Bertz CT molecular complexity index is 430. The minimum absolute atomic E-state index is 0.0215. The lowest BCUT2D eigenvalue weighted by atomic mass is 9.82.